The molecule has 132 valence electrons. The molecule has 0 aromatic carbocycles. The van der Waals surface area contributed by atoms with Crippen LogP contribution in [-0.2, 0) is 16.0 Å². The van der Waals surface area contributed by atoms with Crippen molar-refractivity contribution >= 4 is 6.03 Å². The number of amides is 2. The van der Waals surface area contributed by atoms with Gasteiger partial charge in [0.2, 0.25) is 0 Å². The lowest BCUT2D eigenvalue weighted by Crippen LogP contribution is -2.53. The first kappa shape index (κ1) is 17.1. The topological polar surface area (TPSA) is 75.7 Å². The van der Waals surface area contributed by atoms with E-state index in [1.807, 2.05) is 12.1 Å². The molecule has 3 rings (SSSR count). The zero-order valence-corrected chi connectivity index (χ0v) is 13.9. The van der Waals surface area contributed by atoms with Gasteiger partial charge in [0.1, 0.15) is 0 Å². The van der Waals surface area contributed by atoms with Crippen molar-refractivity contribution in [2.45, 2.75) is 19.0 Å². The van der Waals surface area contributed by atoms with Gasteiger partial charge >= 0.3 is 6.03 Å². The molecule has 2 N–H and O–H groups in total. The first-order valence-corrected chi connectivity index (χ1v) is 8.63. The molecule has 1 aromatic rings. The fraction of sp³-hybridized carbons (Fsp3) is 0.647. The minimum atomic E-state index is -0.143. The lowest BCUT2D eigenvalue weighted by molar-refractivity contribution is 0.00212. The Kier molecular flexibility index (Phi) is 6.40. The summed E-state index contributed by atoms with van der Waals surface area (Å²) in [6.07, 6.45) is 4.54. The molecule has 2 saturated heterocycles. The lowest BCUT2D eigenvalue weighted by Gasteiger charge is -2.37. The van der Waals surface area contributed by atoms with Crippen LogP contribution in [0.15, 0.2) is 24.5 Å². The van der Waals surface area contributed by atoms with E-state index in [2.05, 4.69) is 20.5 Å². The third kappa shape index (κ3) is 4.90. The normalized spacial score (nSPS) is 22.9. The summed E-state index contributed by atoms with van der Waals surface area (Å²) in [6, 6.07) is 3.97. The number of nitrogens with one attached hydrogen (secondary N) is 2. The second-order valence-electron chi connectivity index (χ2n) is 6.26. The van der Waals surface area contributed by atoms with E-state index < -0.39 is 0 Å². The van der Waals surface area contributed by atoms with Crippen molar-refractivity contribution in [3.8, 4) is 0 Å². The molecule has 2 aliphatic rings. The van der Waals surface area contributed by atoms with Crippen molar-refractivity contribution in [2.24, 2.45) is 5.92 Å². The summed E-state index contributed by atoms with van der Waals surface area (Å²) in [5, 5.41) is 5.90. The highest BCUT2D eigenvalue weighted by Crippen LogP contribution is 2.21. The molecule has 7 heteroatoms. The maximum atomic E-state index is 12.1. The Balaban J connectivity index is 1.47. The smallest absolute Gasteiger partial charge is 0.315 e. The maximum Gasteiger partial charge on any atom is 0.315 e. The Labute approximate surface area is 142 Å². The predicted octanol–water partition coefficient (Wildman–Crippen LogP) is 0.618. The molecule has 24 heavy (non-hydrogen) atoms. The van der Waals surface area contributed by atoms with Gasteiger partial charge in [-0.05, 0) is 18.1 Å². The van der Waals surface area contributed by atoms with Gasteiger partial charge < -0.3 is 20.1 Å². The summed E-state index contributed by atoms with van der Waals surface area (Å²) in [5.41, 5.74) is 0.988. The molecule has 0 spiro atoms. The third-order valence-electron chi connectivity index (χ3n) is 4.67. The number of carbonyl (C=O) groups excluding carboxylic acids is 1. The quantitative estimate of drug-likeness (QED) is 0.798. The highest BCUT2D eigenvalue weighted by molar-refractivity contribution is 5.73. The van der Waals surface area contributed by atoms with E-state index in [9.17, 15) is 4.79 Å². The highest BCUT2D eigenvalue weighted by atomic mass is 16.5. The Morgan fingerprint density at radius 2 is 2.17 bits per heavy atom. The van der Waals surface area contributed by atoms with Gasteiger partial charge in [0.05, 0.1) is 19.8 Å². The molecular formula is C17H26N4O3. The molecule has 0 saturated carbocycles. The number of pyridine rings is 1. The van der Waals surface area contributed by atoms with E-state index in [4.69, 9.17) is 9.47 Å². The van der Waals surface area contributed by atoms with Crippen molar-refractivity contribution in [2.75, 3.05) is 46.1 Å². The van der Waals surface area contributed by atoms with Crippen LogP contribution in [0.25, 0.3) is 0 Å². The van der Waals surface area contributed by atoms with E-state index >= 15 is 0 Å². The van der Waals surface area contributed by atoms with Crippen molar-refractivity contribution in [3.63, 3.8) is 0 Å². The maximum absolute atomic E-state index is 12.1. The van der Waals surface area contributed by atoms with Crippen LogP contribution in [0.4, 0.5) is 4.79 Å². The molecule has 2 fully saturated rings. The van der Waals surface area contributed by atoms with Crippen molar-refractivity contribution in [1.29, 1.82) is 0 Å². The molecule has 0 unspecified atom stereocenters. The number of rotatable bonds is 6. The number of urea groups is 1. The first-order valence-electron chi connectivity index (χ1n) is 8.63. The summed E-state index contributed by atoms with van der Waals surface area (Å²) in [7, 11) is 0. The van der Waals surface area contributed by atoms with Crippen LogP contribution in [0.5, 0.6) is 0 Å². The standard InChI is InChI=1S/C17H26N4O3/c22-17(19-11-14-2-1-4-18-10-14)20-12-16(15-3-7-24-13-15)21-5-8-23-9-6-21/h1-2,4,10,15-16H,3,5-9,11-13H2,(H2,19,20,22)/t15-,16-/m1/s1. The van der Waals surface area contributed by atoms with Gasteiger partial charge in [0.15, 0.2) is 0 Å². The third-order valence-corrected chi connectivity index (χ3v) is 4.67. The number of morpholine rings is 1. The van der Waals surface area contributed by atoms with E-state index in [1.54, 1.807) is 12.4 Å². The van der Waals surface area contributed by atoms with E-state index in [1.165, 1.54) is 0 Å². The van der Waals surface area contributed by atoms with Crippen LogP contribution in [0.2, 0.25) is 0 Å². The molecule has 7 nitrogen and oxygen atoms in total. The van der Waals surface area contributed by atoms with Gasteiger partial charge in [-0.2, -0.15) is 0 Å². The molecule has 3 heterocycles. The van der Waals surface area contributed by atoms with Crippen LogP contribution in [0.3, 0.4) is 0 Å². The minimum absolute atomic E-state index is 0.143. The van der Waals surface area contributed by atoms with Crippen LogP contribution >= 0.6 is 0 Å². The van der Waals surface area contributed by atoms with Gasteiger partial charge in [-0.3, -0.25) is 9.88 Å². The number of ether oxygens (including phenoxy) is 2. The monoisotopic (exact) mass is 334 g/mol. The number of carbonyl (C=O) groups is 1. The summed E-state index contributed by atoms with van der Waals surface area (Å²) >= 11 is 0. The van der Waals surface area contributed by atoms with Crippen LogP contribution in [0.1, 0.15) is 12.0 Å². The zero-order chi connectivity index (χ0) is 16.6. The van der Waals surface area contributed by atoms with E-state index in [0.717, 1.165) is 51.5 Å². The molecule has 0 radical (unpaired) electrons. The first-order chi connectivity index (χ1) is 11.8. The molecule has 2 aliphatic heterocycles. The number of hydrogen-bond acceptors (Lipinski definition) is 5. The van der Waals surface area contributed by atoms with Crippen molar-refractivity contribution in [1.82, 2.24) is 20.5 Å². The Hall–Kier alpha value is -1.70. The van der Waals surface area contributed by atoms with Crippen LogP contribution in [0, 0.1) is 5.92 Å². The zero-order valence-electron chi connectivity index (χ0n) is 13.9. The molecule has 0 bridgehead atoms. The van der Waals surface area contributed by atoms with Gasteiger partial charge in [0, 0.05) is 57.1 Å². The largest absolute Gasteiger partial charge is 0.381 e. The number of hydrogen-bond donors (Lipinski definition) is 2. The summed E-state index contributed by atoms with van der Waals surface area (Å²) in [4.78, 5) is 18.6. The Bertz CT molecular complexity index is 502. The second-order valence-corrected chi connectivity index (χ2v) is 6.26. The van der Waals surface area contributed by atoms with Gasteiger partial charge in [-0.15, -0.1) is 0 Å². The van der Waals surface area contributed by atoms with Crippen molar-refractivity contribution < 1.29 is 14.3 Å². The molecule has 0 aliphatic carbocycles. The molecule has 2 amide bonds. The van der Waals surface area contributed by atoms with Gasteiger partial charge in [0.25, 0.3) is 0 Å². The summed E-state index contributed by atoms with van der Waals surface area (Å²) in [5.74, 6) is 0.474. The van der Waals surface area contributed by atoms with Gasteiger partial charge in [-0.25, -0.2) is 4.79 Å². The highest BCUT2D eigenvalue weighted by Gasteiger charge is 2.31. The Morgan fingerprint density at radius 3 is 2.88 bits per heavy atom. The second kappa shape index (κ2) is 8.96. The number of aromatic nitrogens is 1. The fourth-order valence-corrected chi connectivity index (χ4v) is 3.30. The average Bonchev–Trinajstić information content (AvgIpc) is 3.16. The summed E-state index contributed by atoms with van der Waals surface area (Å²) in [6.45, 7) is 6.07. The minimum Gasteiger partial charge on any atom is -0.381 e. The van der Waals surface area contributed by atoms with E-state index in [-0.39, 0.29) is 6.03 Å². The average molecular weight is 334 g/mol. The van der Waals surface area contributed by atoms with Crippen LogP contribution in [-0.4, -0.2) is 68.0 Å². The molecule has 1 aromatic heterocycles. The lowest BCUT2D eigenvalue weighted by atomic mass is 9.97. The van der Waals surface area contributed by atoms with E-state index in [0.29, 0.717) is 25.0 Å². The predicted molar refractivity (Wildman–Crippen MR) is 89.6 cm³/mol. The molecule has 2 atom stereocenters. The summed E-state index contributed by atoms with van der Waals surface area (Å²) < 4.78 is 11.0. The Morgan fingerprint density at radius 1 is 1.29 bits per heavy atom. The number of nitrogens with zero attached hydrogens (tertiary/aromatic N) is 2. The van der Waals surface area contributed by atoms with Crippen LogP contribution < -0.4 is 10.6 Å². The van der Waals surface area contributed by atoms with Crippen molar-refractivity contribution in [3.05, 3.63) is 30.1 Å². The molecular weight excluding hydrogens is 308 g/mol. The SMILES string of the molecule is O=C(NCc1cccnc1)NC[C@H]([C@@H]1CCOC1)N1CCOCC1. The van der Waals surface area contributed by atoms with Gasteiger partial charge in [-0.1, -0.05) is 6.07 Å². The fourth-order valence-electron chi connectivity index (χ4n) is 3.30.